The Morgan fingerprint density at radius 1 is 0.708 bits per heavy atom. The second-order valence-corrected chi connectivity index (χ2v) is 7.20. The van der Waals surface area contributed by atoms with Crippen molar-refractivity contribution < 1.29 is 9.59 Å². The summed E-state index contributed by atoms with van der Waals surface area (Å²) in [5, 5.41) is 6.22. The molecule has 4 nitrogen and oxygen atoms in total. The van der Waals surface area contributed by atoms with E-state index in [1.54, 1.807) is 24.3 Å². The van der Waals surface area contributed by atoms with Crippen LogP contribution < -0.4 is 10.6 Å². The van der Waals surface area contributed by atoms with Gasteiger partial charge < -0.3 is 10.6 Å². The topological polar surface area (TPSA) is 58.2 Å². The molecular formula is C20H28N2O2. The van der Waals surface area contributed by atoms with E-state index in [2.05, 4.69) is 10.6 Å². The van der Waals surface area contributed by atoms with Crippen LogP contribution in [0.1, 0.15) is 84.9 Å². The first kappa shape index (κ1) is 17.0. The normalized spacial score (nSPS) is 19.7. The van der Waals surface area contributed by atoms with E-state index in [-0.39, 0.29) is 23.9 Å². The van der Waals surface area contributed by atoms with E-state index < -0.39 is 0 Å². The molecular weight excluding hydrogens is 300 g/mol. The molecule has 0 aromatic heterocycles. The molecule has 0 radical (unpaired) electrons. The first-order chi connectivity index (χ1) is 11.7. The van der Waals surface area contributed by atoms with E-state index in [9.17, 15) is 9.59 Å². The summed E-state index contributed by atoms with van der Waals surface area (Å²) in [6, 6.07) is 7.66. The second kappa shape index (κ2) is 8.32. The molecule has 24 heavy (non-hydrogen) atoms. The molecule has 1 aromatic carbocycles. The Morgan fingerprint density at radius 3 is 1.54 bits per heavy atom. The van der Waals surface area contributed by atoms with Crippen molar-refractivity contribution in [3.8, 4) is 0 Å². The van der Waals surface area contributed by atoms with Crippen LogP contribution in [0, 0.1) is 0 Å². The molecule has 2 aliphatic carbocycles. The molecule has 0 bridgehead atoms. The van der Waals surface area contributed by atoms with Gasteiger partial charge in [-0.25, -0.2) is 0 Å². The summed E-state index contributed by atoms with van der Waals surface area (Å²) >= 11 is 0. The van der Waals surface area contributed by atoms with E-state index in [0.717, 1.165) is 25.7 Å². The van der Waals surface area contributed by atoms with Crippen LogP contribution in [-0.2, 0) is 0 Å². The predicted octanol–water partition coefficient (Wildman–Crippen LogP) is 3.81. The SMILES string of the molecule is O=C(NC1CCCCC1)c1cccc(C(=O)NC2CCCCC2)c1. The number of amides is 2. The minimum atomic E-state index is -0.0609. The summed E-state index contributed by atoms with van der Waals surface area (Å²) in [5.41, 5.74) is 1.16. The fourth-order valence-corrected chi connectivity index (χ4v) is 3.83. The van der Waals surface area contributed by atoms with Crippen molar-refractivity contribution in [2.75, 3.05) is 0 Å². The molecule has 0 saturated heterocycles. The van der Waals surface area contributed by atoms with E-state index in [1.807, 2.05) is 0 Å². The summed E-state index contributed by atoms with van der Waals surface area (Å²) in [5.74, 6) is -0.122. The van der Waals surface area contributed by atoms with E-state index in [4.69, 9.17) is 0 Å². The highest BCUT2D eigenvalue weighted by Crippen LogP contribution is 2.19. The lowest BCUT2D eigenvalue weighted by Gasteiger charge is -2.23. The van der Waals surface area contributed by atoms with Gasteiger partial charge in [-0.3, -0.25) is 9.59 Å². The Morgan fingerprint density at radius 2 is 1.12 bits per heavy atom. The lowest BCUT2D eigenvalue weighted by atomic mass is 9.95. The van der Waals surface area contributed by atoms with Gasteiger partial charge in [-0.15, -0.1) is 0 Å². The molecule has 0 heterocycles. The van der Waals surface area contributed by atoms with Crippen molar-refractivity contribution in [2.24, 2.45) is 0 Å². The highest BCUT2D eigenvalue weighted by atomic mass is 16.2. The van der Waals surface area contributed by atoms with E-state index >= 15 is 0 Å². The van der Waals surface area contributed by atoms with Crippen LogP contribution in [-0.4, -0.2) is 23.9 Å². The van der Waals surface area contributed by atoms with Gasteiger partial charge in [-0.2, -0.15) is 0 Å². The summed E-state index contributed by atoms with van der Waals surface area (Å²) in [7, 11) is 0. The summed E-state index contributed by atoms with van der Waals surface area (Å²) in [6.45, 7) is 0. The second-order valence-electron chi connectivity index (χ2n) is 7.20. The fourth-order valence-electron chi connectivity index (χ4n) is 3.83. The Kier molecular flexibility index (Phi) is 5.89. The third-order valence-corrected chi connectivity index (χ3v) is 5.27. The molecule has 130 valence electrons. The maximum atomic E-state index is 12.4. The highest BCUT2D eigenvalue weighted by Gasteiger charge is 2.19. The zero-order valence-electron chi connectivity index (χ0n) is 14.4. The lowest BCUT2D eigenvalue weighted by Crippen LogP contribution is -2.37. The molecule has 0 atom stereocenters. The third-order valence-electron chi connectivity index (χ3n) is 5.27. The first-order valence-corrected chi connectivity index (χ1v) is 9.44. The summed E-state index contributed by atoms with van der Waals surface area (Å²) < 4.78 is 0. The average molecular weight is 328 g/mol. The van der Waals surface area contributed by atoms with Gasteiger partial charge in [0.2, 0.25) is 0 Å². The van der Waals surface area contributed by atoms with Crippen molar-refractivity contribution >= 4 is 11.8 Å². The molecule has 3 rings (SSSR count). The minimum absolute atomic E-state index is 0.0609. The van der Waals surface area contributed by atoms with Crippen LogP contribution in [0.25, 0.3) is 0 Å². The zero-order valence-corrected chi connectivity index (χ0v) is 14.4. The number of hydrogen-bond acceptors (Lipinski definition) is 2. The first-order valence-electron chi connectivity index (χ1n) is 9.44. The van der Waals surface area contributed by atoms with Gasteiger partial charge in [0.15, 0.2) is 0 Å². The van der Waals surface area contributed by atoms with Crippen molar-refractivity contribution in [2.45, 2.75) is 76.3 Å². The van der Waals surface area contributed by atoms with Crippen molar-refractivity contribution in [3.63, 3.8) is 0 Å². The number of carbonyl (C=O) groups excluding carboxylic acids is 2. The van der Waals surface area contributed by atoms with Gasteiger partial charge in [0.25, 0.3) is 11.8 Å². The van der Waals surface area contributed by atoms with Gasteiger partial charge in [0, 0.05) is 23.2 Å². The largest absolute Gasteiger partial charge is 0.349 e. The molecule has 2 N–H and O–H groups in total. The maximum Gasteiger partial charge on any atom is 0.251 e. The molecule has 0 spiro atoms. The van der Waals surface area contributed by atoms with Crippen LogP contribution in [0.15, 0.2) is 24.3 Å². The fraction of sp³-hybridized carbons (Fsp3) is 0.600. The van der Waals surface area contributed by atoms with Crippen LogP contribution in [0.5, 0.6) is 0 Å². The van der Waals surface area contributed by atoms with Gasteiger partial charge in [0.05, 0.1) is 0 Å². The monoisotopic (exact) mass is 328 g/mol. The average Bonchev–Trinajstić information content (AvgIpc) is 2.63. The van der Waals surface area contributed by atoms with Gasteiger partial charge in [-0.1, -0.05) is 44.6 Å². The quantitative estimate of drug-likeness (QED) is 0.883. The Labute approximate surface area is 144 Å². The standard InChI is InChI=1S/C20H28N2O2/c23-19(21-17-10-3-1-4-11-17)15-8-7-9-16(14-15)20(24)22-18-12-5-2-6-13-18/h7-9,14,17-18H,1-6,10-13H2,(H,21,23)(H,22,24). The Bertz CT molecular complexity index is 526. The van der Waals surface area contributed by atoms with E-state index in [1.165, 1.54) is 38.5 Å². The molecule has 2 aliphatic rings. The highest BCUT2D eigenvalue weighted by molar-refractivity contribution is 5.99. The molecule has 0 aliphatic heterocycles. The number of benzene rings is 1. The van der Waals surface area contributed by atoms with Crippen LogP contribution in [0.2, 0.25) is 0 Å². The Balaban J connectivity index is 1.60. The van der Waals surface area contributed by atoms with Crippen molar-refractivity contribution in [3.05, 3.63) is 35.4 Å². The lowest BCUT2D eigenvalue weighted by molar-refractivity contribution is 0.0927. The molecule has 4 heteroatoms. The van der Waals surface area contributed by atoms with Gasteiger partial charge in [0.1, 0.15) is 0 Å². The molecule has 2 fully saturated rings. The number of hydrogen-bond donors (Lipinski definition) is 2. The van der Waals surface area contributed by atoms with Crippen molar-refractivity contribution in [1.82, 2.24) is 10.6 Å². The third kappa shape index (κ3) is 4.59. The number of rotatable bonds is 4. The molecule has 0 unspecified atom stereocenters. The van der Waals surface area contributed by atoms with Gasteiger partial charge in [-0.05, 0) is 43.9 Å². The van der Waals surface area contributed by atoms with Crippen LogP contribution in [0.3, 0.4) is 0 Å². The molecule has 1 aromatic rings. The van der Waals surface area contributed by atoms with Gasteiger partial charge >= 0.3 is 0 Å². The summed E-state index contributed by atoms with van der Waals surface area (Å²) in [6.07, 6.45) is 11.5. The molecule has 2 saturated carbocycles. The maximum absolute atomic E-state index is 12.4. The van der Waals surface area contributed by atoms with E-state index in [0.29, 0.717) is 11.1 Å². The predicted molar refractivity (Wildman–Crippen MR) is 95.1 cm³/mol. The Hall–Kier alpha value is -1.84. The van der Waals surface area contributed by atoms with Crippen LogP contribution in [0.4, 0.5) is 0 Å². The van der Waals surface area contributed by atoms with Crippen molar-refractivity contribution in [1.29, 1.82) is 0 Å². The van der Waals surface area contributed by atoms with Crippen LogP contribution >= 0.6 is 0 Å². The number of carbonyl (C=O) groups is 2. The summed E-state index contributed by atoms with van der Waals surface area (Å²) in [4.78, 5) is 24.9. The minimum Gasteiger partial charge on any atom is -0.349 e. The number of nitrogens with one attached hydrogen (secondary N) is 2. The molecule has 2 amide bonds. The zero-order chi connectivity index (χ0) is 16.8. The smallest absolute Gasteiger partial charge is 0.251 e.